The molecule has 0 unspecified atom stereocenters. The van der Waals surface area contributed by atoms with E-state index in [1.165, 1.54) is 55.6 Å². The highest BCUT2D eigenvalue weighted by Crippen LogP contribution is 2.20. The van der Waals surface area contributed by atoms with Gasteiger partial charge < -0.3 is 9.15 Å². The maximum absolute atomic E-state index is 12.9. The molecule has 0 aliphatic carbocycles. The van der Waals surface area contributed by atoms with Crippen molar-refractivity contribution < 1.29 is 26.8 Å². The van der Waals surface area contributed by atoms with Gasteiger partial charge in [0.25, 0.3) is 0 Å². The molecular weight excluding hydrogens is 377 g/mol. The second-order valence-corrected chi connectivity index (χ2v) is 7.39. The summed E-state index contributed by atoms with van der Waals surface area (Å²) in [6.45, 7) is 0. The zero-order valence-corrected chi connectivity index (χ0v) is 14.9. The Morgan fingerprint density at radius 1 is 1.11 bits per heavy atom. The van der Waals surface area contributed by atoms with Gasteiger partial charge in [-0.25, -0.2) is 12.8 Å². The second-order valence-electron chi connectivity index (χ2n) is 5.40. The molecule has 10 heteroatoms. The molecule has 0 saturated carbocycles. The van der Waals surface area contributed by atoms with Gasteiger partial charge in [-0.15, -0.1) is 5.10 Å². The number of methoxy groups -OCH3 is 1. The largest absolute Gasteiger partial charge is 0.497 e. The third kappa shape index (κ3) is 4.47. The van der Waals surface area contributed by atoms with Gasteiger partial charge in [0.15, 0.2) is 9.84 Å². The first-order chi connectivity index (χ1) is 12.9. The van der Waals surface area contributed by atoms with E-state index >= 15 is 0 Å². The van der Waals surface area contributed by atoms with Crippen molar-refractivity contribution in [3.8, 4) is 17.2 Å². The molecule has 140 valence electrons. The third-order valence-electron chi connectivity index (χ3n) is 3.50. The van der Waals surface area contributed by atoms with Crippen LogP contribution in [0.2, 0.25) is 0 Å². The highest BCUT2D eigenvalue weighted by molar-refractivity contribution is 7.92. The van der Waals surface area contributed by atoms with E-state index in [2.05, 4.69) is 15.5 Å². The molecule has 0 atom stereocenters. The van der Waals surface area contributed by atoms with Gasteiger partial charge >= 0.3 is 6.01 Å². The van der Waals surface area contributed by atoms with Gasteiger partial charge in [-0.2, -0.15) is 0 Å². The summed E-state index contributed by atoms with van der Waals surface area (Å²) in [4.78, 5) is 12.0. The average molecular weight is 391 g/mol. The van der Waals surface area contributed by atoms with Crippen LogP contribution in [0.15, 0.2) is 57.8 Å². The lowest BCUT2D eigenvalue weighted by Gasteiger charge is -2.05. The predicted molar refractivity (Wildman–Crippen MR) is 93.4 cm³/mol. The summed E-state index contributed by atoms with van der Waals surface area (Å²) in [5.41, 5.74) is 0.454. The minimum atomic E-state index is -3.85. The zero-order valence-electron chi connectivity index (χ0n) is 14.0. The summed E-state index contributed by atoms with van der Waals surface area (Å²) in [5, 5.41) is 9.59. The number of sulfone groups is 1. The smallest absolute Gasteiger partial charge is 0.322 e. The highest BCUT2D eigenvalue weighted by Gasteiger charge is 2.21. The standard InChI is InChI=1S/C17H14FN3O5S/c1-25-13-6-8-14(9-7-13)27(23,24)10-15(22)19-17-21-20-16(26-17)11-2-4-12(18)5-3-11/h2-9H,10H2,1H3,(H,19,21,22). The topological polar surface area (TPSA) is 111 Å². The van der Waals surface area contributed by atoms with Crippen LogP contribution in [0.5, 0.6) is 5.75 Å². The quantitative estimate of drug-likeness (QED) is 0.686. The molecule has 0 saturated heterocycles. The van der Waals surface area contributed by atoms with Crippen LogP contribution in [-0.4, -0.2) is 37.4 Å². The van der Waals surface area contributed by atoms with Crippen LogP contribution in [0, 0.1) is 5.82 Å². The molecule has 1 heterocycles. The number of halogens is 1. The maximum Gasteiger partial charge on any atom is 0.322 e. The molecule has 8 nitrogen and oxygen atoms in total. The van der Waals surface area contributed by atoms with E-state index in [4.69, 9.17) is 9.15 Å². The van der Waals surface area contributed by atoms with Crippen LogP contribution < -0.4 is 10.1 Å². The van der Waals surface area contributed by atoms with Crippen molar-refractivity contribution in [3.63, 3.8) is 0 Å². The zero-order chi connectivity index (χ0) is 19.4. The highest BCUT2D eigenvalue weighted by atomic mass is 32.2. The summed E-state index contributed by atoms with van der Waals surface area (Å²) in [7, 11) is -2.39. The molecule has 3 rings (SSSR count). The van der Waals surface area contributed by atoms with E-state index in [1.54, 1.807) is 0 Å². The van der Waals surface area contributed by atoms with Crippen molar-refractivity contribution in [2.75, 3.05) is 18.2 Å². The number of rotatable bonds is 6. The van der Waals surface area contributed by atoms with Crippen LogP contribution in [-0.2, 0) is 14.6 Å². The fourth-order valence-electron chi connectivity index (χ4n) is 2.18. The molecule has 0 aliphatic rings. The molecule has 0 spiro atoms. The Kier molecular flexibility index (Phi) is 5.17. The minimum absolute atomic E-state index is 0.0176. The number of anilines is 1. The minimum Gasteiger partial charge on any atom is -0.497 e. The monoisotopic (exact) mass is 391 g/mol. The van der Waals surface area contributed by atoms with E-state index in [9.17, 15) is 17.6 Å². The van der Waals surface area contributed by atoms with E-state index in [0.29, 0.717) is 11.3 Å². The summed E-state index contributed by atoms with van der Waals surface area (Å²) < 4.78 is 47.7. The summed E-state index contributed by atoms with van der Waals surface area (Å²) in [5.74, 6) is -1.50. The van der Waals surface area contributed by atoms with Gasteiger partial charge in [-0.05, 0) is 48.5 Å². The number of amides is 1. The van der Waals surface area contributed by atoms with Crippen molar-refractivity contribution in [1.82, 2.24) is 10.2 Å². The van der Waals surface area contributed by atoms with E-state index in [1.807, 2.05) is 0 Å². The lowest BCUT2D eigenvalue weighted by molar-refractivity contribution is -0.114. The summed E-state index contributed by atoms with van der Waals surface area (Å²) in [6.07, 6.45) is 0. The second kappa shape index (κ2) is 7.54. The summed E-state index contributed by atoms with van der Waals surface area (Å²) >= 11 is 0. The number of carbonyl (C=O) groups excluding carboxylic acids is 1. The first-order valence-electron chi connectivity index (χ1n) is 7.63. The van der Waals surface area contributed by atoms with Crippen molar-refractivity contribution >= 4 is 21.8 Å². The Balaban J connectivity index is 1.67. The van der Waals surface area contributed by atoms with Crippen LogP contribution in [0.1, 0.15) is 0 Å². The van der Waals surface area contributed by atoms with Crippen LogP contribution in [0.25, 0.3) is 11.5 Å². The molecule has 1 N–H and O–H groups in total. The number of carbonyl (C=O) groups is 1. The average Bonchev–Trinajstić information content (AvgIpc) is 3.10. The summed E-state index contributed by atoms with van der Waals surface area (Å²) in [6, 6.07) is 10.7. The Morgan fingerprint density at radius 2 is 1.78 bits per heavy atom. The number of nitrogens with one attached hydrogen (secondary N) is 1. The van der Waals surface area contributed by atoms with Gasteiger partial charge in [0.05, 0.1) is 12.0 Å². The van der Waals surface area contributed by atoms with Crippen LogP contribution >= 0.6 is 0 Å². The predicted octanol–water partition coefficient (Wildman–Crippen LogP) is 2.30. The molecule has 1 amide bonds. The SMILES string of the molecule is COc1ccc(S(=O)(=O)CC(=O)Nc2nnc(-c3ccc(F)cc3)o2)cc1. The number of benzene rings is 2. The Hall–Kier alpha value is -3.27. The van der Waals surface area contributed by atoms with E-state index < -0.39 is 27.3 Å². The molecule has 1 aromatic heterocycles. The molecule has 0 radical (unpaired) electrons. The first-order valence-corrected chi connectivity index (χ1v) is 9.29. The third-order valence-corrected chi connectivity index (χ3v) is 5.13. The number of nitrogens with zero attached hydrogens (tertiary/aromatic N) is 2. The number of aromatic nitrogens is 2. The van der Waals surface area contributed by atoms with E-state index in [0.717, 1.165) is 0 Å². The van der Waals surface area contributed by atoms with Crippen molar-refractivity contribution in [2.24, 2.45) is 0 Å². The van der Waals surface area contributed by atoms with E-state index in [-0.39, 0.29) is 16.8 Å². The number of hydrogen-bond acceptors (Lipinski definition) is 7. The fourth-order valence-corrected chi connectivity index (χ4v) is 3.31. The van der Waals surface area contributed by atoms with Gasteiger partial charge in [-0.3, -0.25) is 10.1 Å². The molecule has 0 fully saturated rings. The molecule has 0 aliphatic heterocycles. The number of hydrogen-bond donors (Lipinski definition) is 1. The van der Waals surface area contributed by atoms with Gasteiger partial charge in [0, 0.05) is 5.56 Å². The normalized spacial score (nSPS) is 11.2. The first kappa shape index (κ1) is 18.5. The van der Waals surface area contributed by atoms with Gasteiger partial charge in [0.1, 0.15) is 17.3 Å². The van der Waals surface area contributed by atoms with Gasteiger partial charge in [-0.1, -0.05) is 5.10 Å². The molecule has 3 aromatic rings. The lowest BCUT2D eigenvalue weighted by atomic mass is 10.2. The molecule has 2 aromatic carbocycles. The number of ether oxygens (including phenoxy) is 1. The van der Waals surface area contributed by atoms with Gasteiger partial charge in [0.2, 0.25) is 11.8 Å². The van der Waals surface area contributed by atoms with Crippen molar-refractivity contribution in [3.05, 3.63) is 54.3 Å². The van der Waals surface area contributed by atoms with Crippen molar-refractivity contribution in [2.45, 2.75) is 4.90 Å². The molecule has 0 bridgehead atoms. The Morgan fingerprint density at radius 3 is 2.41 bits per heavy atom. The van der Waals surface area contributed by atoms with Crippen LogP contribution in [0.3, 0.4) is 0 Å². The van der Waals surface area contributed by atoms with Crippen LogP contribution in [0.4, 0.5) is 10.4 Å². The molecule has 27 heavy (non-hydrogen) atoms. The molecular formula is C17H14FN3O5S. The Labute approximate surface area is 153 Å². The lowest BCUT2D eigenvalue weighted by Crippen LogP contribution is -2.23. The fraction of sp³-hybridized carbons (Fsp3) is 0.118. The Bertz CT molecular complexity index is 1050. The van der Waals surface area contributed by atoms with Crippen molar-refractivity contribution in [1.29, 1.82) is 0 Å². The maximum atomic E-state index is 12.9.